The highest BCUT2D eigenvalue weighted by atomic mass is 16.3. The lowest BCUT2D eigenvalue weighted by Crippen LogP contribution is -2.13. The van der Waals surface area contributed by atoms with E-state index in [0.717, 1.165) is 88.8 Å². The third-order valence-electron chi connectivity index (χ3n) is 13.5. The lowest BCUT2D eigenvalue weighted by molar-refractivity contribution is 0.590. The molecule has 0 saturated carbocycles. The number of furan rings is 2. The van der Waals surface area contributed by atoms with Gasteiger partial charge in [-0.1, -0.05) is 169 Å². The topological polar surface area (TPSA) is 32.8 Å². The Hall–Kier alpha value is -7.82. The Morgan fingerprint density at radius 1 is 0.318 bits per heavy atom. The van der Waals surface area contributed by atoms with E-state index in [9.17, 15) is 0 Å². The monoisotopic (exact) mass is 854 g/mol. The number of anilines is 6. The van der Waals surface area contributed by atoms with E-state index in [-0.39, 0.29) is 10.8 Å². The molecule has 0 N–H and O–H groups in total. The first-order valence-electron chi connectivity index (χ1n) is 23.0. The summed E-state index contributed by atoms with van der Waals surface area (Å²) in [6.07, 6.45) is 0. The third kappa shape index (κ3) is 6.50. The van der Waals surface area contributed by atoms with Crippen molar-refractivity contribution in [2.24, 2.45) is 0 Å². The van der Waals surface area contributed by atoms with Crippen LogP contribution in [0.25, 0.3) is 76.2 Å². The largest absolute Gasteiger partial charge is 0.456 e. The molecule has 66 heavy (non-hydrogen) atoms. The van der Waals surface area contributed by atoms with Crippen molar-refractivity contribution in [2.45, 2.75) is 52.4 Å². The van der Waals surface area contributed by atoms with E-state index in [1.165, 1.54) is 32.7 Å². The summed E-state index contributed by atoms with van der Waals surface area (Å²) in [4.78, 5) is 4.73. The number of rotatable bonds is 6. The molecule has 0 bridgehead atoms. The van der Waals surface area contributed by atoms with Crippen molar-refractivity contribution in [3.8, 4) is 0 Å². The Morgan fingerprint density at radius 2 is 0.758 bits per heavy atom. The number of fused-ring (bicyclic) bond motifs is 11. The number of benzene rings is 10. The predicted molar refractivity (Wildman–Crippen MR) is 280 cm³/mol. The van der Waals surface area contributed by atoms with E-state index in [1.54, 1.807) is 0 Å². The number of para-hydroxylation sites is 1. The van der Waals surface area contributed by atoms with Crippen molar-refractivity contribution in [3.63, 3.8) is 0 Å². The van der Waals surface area contributed by atoms with Crippen LogP contribution in [-0.4, -0.2) is 0 Å². The van der Waals surface area contributed by atoms with E-state index < -0.39 is 0 Å². The van der Waals surface area contributed by atoms with Crippen molar-refractivity contribution in [1.29, 1.82) is 0 Å². The first kappa shape index (κ1) is 39.7. The van der Waals surface area contributed by atoms with Gasteiger partial charge in [-0.2, -0.15) is 0 Å². The van der Waals surface area contributed by atoms with Gasteiger partial charge in [-0.05, 0) is 103 Å². The fraction of sp³-hybridized carbons (Fsp3) is 0.129. The van der Waals surface area contributed by atoms with Gasteiger partial charge >= 0.3 is 0 Å². The van der Waals surface area contributed by atoms with E-state index in [1.807, 2.05) is 0 Å². The summed E-state index contributed by atoms with van der Waals surface area (Å²) in [5.74, 6) is 0. The van der Waals surface area contributed by atoms with Gasteiger partial charge in [0.15, 0.2) is 5.58 Å². The lowest BCUT2D eigenvalue weighted by atomic mass is 9.87. The molecule has 0 aliphatic carbocycles. The molecule has 0 aliphatic rings. The Labute approximate surface area is 384 Å². The van der Waals surface area contributed by atoms with E-state index in [4.69, 9.17) is 8.83 Å². The van der Waals surface area contributed by atoms with Gasteiger partial charge in [0.1, 0.15) is 16.7 Å². The maximum Gasteiger partial charge on any atom is 0.160 e. The molecule has 0 aliphatic heterocycles. The van der Waals surface area contributed by atoms with Crippen LogP contribution in [0.2, 0.25) is 0 Å². The predicted octanol–water partition coefficient (Wildman–Crippen LogP) is 18.5. The number of hydrogen-bond acceptors (Lipinski definition) is 4. The maximum absolute atomic E-state index is 7.29. The molecule has 0 saturated heterocycles. The van der Waals surface area contributed by atoms with Gasteiger partial charge in [-0.15, -0.1) is 0 Å². The second-order valence-corrected chi connectivity index (χ2v) is 19.8. The average molecular weight is 855 g/mol. The molecule has 320 valence electrons. The SMILES string of the molecule is CC(C)(C)c1ccc(N(c2ccc3ccccc3c2)c2cc3oc4cc(N(c5ccc(C(C)(C)C)cc5)c5ccc6ccccc6c5)c5oc6ccccc6c5c4c3c3ccccc23)cc1. The molecule has 4 nitrogen and oxygen atoms in total. The molecule has 2 heterocycles. The zero-order chi connectivity index (χ0) is 44.9. The Bertz CT molecular complexity index is 3840. The van der Waals surface area contributed by atoms with Crippen molar-refractivity contribution < 1.29 is 8.83 Å². The molecule has 12 aromatic rings. The first-order valence-corrected chi connectivity index (χ1v) is 23.0. The maximum atomic E-state index is 7.29. The average Bonchev–Trinajstić information content (AvgIpc) is 3.90. The Balaban J connectivity index is 1.16. The summed E-state index contributed by atoms with van der Waals surface area (Å²) >= 11 is 0. The van der Waals surface area contributed by atoms with Gasteiger partial charge in [0, 0.05) is 61.8 Å². The minimum Gasteiger partial charge on any atom is -0.456 e. The zero-order valence-electron chi connectivity index (χ0n) is 38.2. The molecular formula is C62H50N2O2. The molecule has 0 radical (unpaired) electrons. The van der Waals surface area contributed by atoms with Crippen LogP contribution in [0.15, 0.2) is 203 Å². The smallest absolute Gasteiger partial charge is 0.160 e. The standard InChI is InChI=1S/C62H50N2O2/c1-61(2,3)43-25-31-45(32-26-43)63(47-29-23-39-15-7-9-17-41(39)35-47)52-37-55-57(50-20-12-11-19-49(50)52)59-56(65-55)38-53(60-58(59)51-21-13-14-22-54(51)66-60)64(46-33-27-44(28-34-46)62(4,5)6)48-30-24-40-16-8-10-18-42(40)36-48/h7-38H,1-6H3. The van der Waals surface area contributed by atoms with E-state index >= 15 is 0 Å². The molecule has 2 aromatic heterocycles. The van der Waals surface area contributed by atoms with Crippen LogP contribution in [0, 0.1) is 0 Å². The van der Waals surface area contributed by atoms with Crippen molar-refractivity contribution >= 4 is 110 Å². The highest BCUT2D eigenvalue weighted by Crippen LogP contribution is 2.51. The highest BCUT2D eigenvalue weighted by Gasteiger charge is 2.28. The number of nitrogens with zero attached hydrogens (tertiary/aromatic N) is 2. The molecule has 0 spiro atoms. The van der Waals surface area contributed by atoms with Crippen LogP contribution >= 0.6 is 0 Å². The fourth-order valence-electron chi connectivity index (χ4n) is 10.0. The molecule has 4 heteroatoms. The van der Waals surface area contributed by atoms with Crippen LogP contribution in [-0.2, 0) is 10.8 Å². The minimum absolute atomic E-state index is 0.00683. The van der Waals surface area contributed by atoms with Gasteiger partial charge in [0.05, 0.1) is 11.4 Å². The van der Waals surface area contributed by atoms with Crippen molar-refractivity contribution in [1.82, 2.24) is 0 Å². The van der Waals surface area contributed by atoms with Gasteiger partial charge in [0.2, 0.25) is 0 Å². The van der Waals surface area contributed by atoms with Crippen molar-refractivity contribution in [3.05, 3.63) is 205 Å². The summed E-state index contributed by atoms with van der Waals surface area (Å²) in [7, 11) is 0. The summed E-state index contributed by atoms with van der Waals surface area (Å²) in [5.41, 5.74) is 12.0. The summed E-state index contributed by atoms with van der Waals surface area (Å²) < 4.78 is 14.4. The number of hydrogen-bond donors (Lipinski definition) is 0. The third-order valence-corrected chi connectivity index (χ3v) is 13.5. The quantitative estimate of drug-likeness (QED) is 0.167. The normalized spacial score (nSPS) is 12.4. The Kier molecular flexibility index (Phi) is 8.95. The lowest BCUT2D eigenvalue weighted by Gasteiger charge is -2.28. The fourth-order valence-corrected chi connectivity index (χ4v) is 10.0. The van der Waals surface area contributed by atoms with Crippen LogP contribution in [0.1, 0.15) is 52.7 Å². The molecule has 12 rings (SSSR count). The second kappa shape index (κ2) is 14.9. The molecular weight excluding hydrogens is 805 g/mol. The first-order chi connectivity index (χ1) is 32.0. The molecule has 10 aromatic carbocycles. The van der Waals surface area contributed by atoms with Crippen molar-refractivity contribution in [2.75, 3.05) is 9.80 Å². The highest BCUT2D eigenvalue weighted by molar-refractivity contribution is 6.34. The van der Waals surface area contributed by atoms with Gasteiger partial charge in [-0.25, -0.2) is 0 Å². The molecule has 0 unspecified atom stereocenters. The minimum atomic E-state index is 0.00683. The summed E-state index contributed by atoms with van der Waals surface area (Å²) in [6, 6.07) is 70.3. The zero-order valence-corrected chi connectivity index (χ0v) is 38.2. The Morgan fingerprint density at radius 3 is 1.32 bits per heavy atom. The van der Waals surface area contributed by atoms with Gasteiger partial charge in [0.25, 0.3) is 0 Å². The van der Waals surface area contributed by atoms with Crippen LogP contribution < -0.4 is 9.80 Å². The van der Waals surface area contributed by atoms with Crippen LogP contribution in [0.5, 0.6) is 0 Å². The molecule has 0 atom stereocenters. The van der Waals surface area contributed by atoms with Gasteiger partial charge < -0.3 is 18.6 Å². The van der Waals surface area contributed by atoms with Crippen LogP contribution in [0.3, 0.4) is 0 Å². The molecule has 0 fully saturated rings. The second-order valence-electron chi connectivity index (χ2n) is 19.8. The van der Waals surface area contributed by atoms with Crippen LogP contribution in [0.4, 0.5) is 34.1 Å². The van der Waals surface area contributed by atoms with Gasteiger partial charge in [-0.3, -0.25) is 0 Å². The summed E-state index contributed by atoms with van der Waals surface area (Å²) in [6.45, 7) is 13.6. The van der Waals surface area contributed by atoms with E-state index in [2.05, 4.69) is 245 Å². The van der Waals surface area contributed by atoms with E-state index in [0.29, 0.717) is 0 Å². The summed E-state index contributed by atoms with van der Waals surface area (Å²) in [5, 5.41) is 11.2. The molecule has 0 amide bonds.